The molecular weight excluding hydrogens is 489 g/mol. The zero-order valence-corrected chi connectivity index (χ0v) is 19.0. The lowest BCUT2D eigenvalue weighted by molar-refractivity contribution is -0.129. The van der Waals surface area contributed by atoms with Crippen molar-refractivity contribution in [3.8, 4) is 0 Å². The number of hydrazone groups is 1. The minimum Gasteiger partial charge on any atom is -0.447 e. The minimum absolute atomic E-state index is 0.156. The molecule has 8 heteroatoms. The van der Waals surface area contributed by atoms with Gasteiger partial charge in [-0.3, -0.25) is 9.80 Å². The number of anilines is 1. The van der Waals surface area contributed by atoms with E-state index in [0.717, 1.165) is 20.5 Å². The monoisotopic (exact) mass is 507 g/mol. The molecule has 0 spiro atoms. The van der Waals surface area contributed by atoms with Gasteiger partial charge < -0.3 is 4.74 Å². The van der Waals surface area contributed by atoms with E-state index in [2.05, 4.69) is 15.9 Å². The van der Waals surface area contributed by atoms with Crippen molar-refractivity contribution < 1.29 is 18.7 Å². The molecule has 1 saturated heterocycles. The van der Waals surface area contributed by atoms with Crippen LogP contribution in [0, 0.1) is 5.82 Å². The molecule has 0 bridgehead atoms. The van der Waals surface area contributed by atoms with E-state index in [4.69, 9.17) is 9.84 Å². The van der Waals surface area contributed by atoms with Crippen LogP contribution in [0.25, 0.3) is 0 Å². The lowest BCUT2D eigenvalue weighted by Gasteiger charge is -2.29. The first kappa shape index (κ1) is 21.3. The van der Waals surface area contributed by atoms with E-state index in [1.165, 1.54) is 12.1 Å². The van der Waals surface area contributed by atoms with Crippen LogP contribution in [-0.4, -0.2) is 41.8 Å². The van der Waals surface area contributed by atoms with Crippen molar-refractivity contribution in [1.29, 1.82) is 0 Å². The van der Waals surface area contributed by atoms with Crippen LogP contribution in [0.2, 0.25) is 0 Å². The Bertz CT molecular complexity index is 1220. The Kier molecular flexibility index (Phi) is 5.68. The number of nitrogens with zero attached hydrogens (tertiary/aromatic N) is 3. The van der Waals surface area contributed by atoms with Gasteiger partial charge in [-0.2, -0.15) is 5.10 Å². The van der Waals surface area contributed by atoms with Crippen molar-refractivity contribution in [3.63, 3.8) is 0 Å². The molecule has 0 aliphatic carbocycles. The highest BCUT2D eigenvalue weighted by Gasteiger charge is 2.48. The topological polar surface area (TPSA) is 62.2 Å². The number of carbonyl (C=O) groups excluding carboxylic acids is 2. The average molecular weight is 508 g/mol. The van der Waals surface area contributed by atoms with Crippen LogP contribution < -0.4 is 5.01 Å². The van der Waals surface area contributed by atoms with Crippen molar-refractivity contribution in [2.45, 2.75) is 12.0 Å². The fourth-order valence-corrected chi connectivity index (χ4v) is 4.46. The van der Waals surface area contributed by atoms with E-state index in [1.807, 2.05) is 54.6 Å². The molecule has 2 aliphatic rings. The first-order chi connectivity index (χ1) is 16.0. The van der Waals surface area contributed by atoms with Gasteiger partial charge in [0.05, 0.1) is 23.9 Å². The lowest BCUT2D eigenvalue weighted by Crippen LogP contribution is -2.48. The normalized spacial score (nSPS) is 20.1. The third-order valence-electron chi connectivity index (χ3n) is 5.76. The fraction of sp³-hybridized carbons (Fsp3) is 0.160. The fourth-order valence-electron chi connectivity index (χ4n) is 4.20. The minimum atomic E-state index is -0.850. The highest BCUT2D eigenvalue weighted by Crippen LogP contribution is 2.39. The Hall–Kier alpha value is -3.52. The van der Waals surface area contributed by atoms with Crippen molar-refractivity contribution in [1.82, 2.24) is 4.90 Å². The highest BCUT2D eigenvalue weighted by atomic mass is 79.9. The smallest absolute Gasteiger partial charge is 0.416 e. The van der Waals surface area contributed by atoms with E-state index >= 15 is 0 Å². The quantitative estimate of drug-likeness (QED) is 0.501. The molecule has 0 radical (unpaired) electrons. The van der Waals surface area contributed by atoms with Crippen molar-refractivity contribution in [2.24, 2.45) is 5.10 Å². The Morgan fingerprint density at radius 3 is 2.33 bits per heavy atom. The summed E-state index contributed by atoms with van der Waals surface area (Å²) in [5, 5.41) is 6.53. The van der Waals surface area contributed by atoms with E-state index in [1.54, 1.807) is 17.1 Å². The number of cyclic esters (lactones) is 1. The molecule has 0 aromatic heterocycles. The molecule has 2 aliphatic heterocycles. The van der Waals surface area contributed by atoms with Crippen LogP contribution in [0.15, 0.2) is 88.4 Å². The zero-order chi connectivity index (χ0) is 22.9. The predicted octanol–water partition coefficient (Wildman–Crippen LogP) is 4.94. The summed E-state index contributed by atoms with van der Waals surface area (Å²) >= 11 is 3.44. The average Bonchev–Trinajstić information content (AvgIpc) is 3.44. The van der Waals surface area contributed by atoms with E-state index in [0.29, 0.717) is 11.4 Å². The number of hydrogen-bond donors (Lipinski definition) is 0. The first-order valence-corrected chi connectivity index (χ1v) is 11.2. The maximum Gasteiger partial charge on any atom is 0.416 e. The van der Waals surface area contributed by atoms with Gasteiger partial charge in [-0.15, -0.1) is 0 Å². The molecule has 3 aromatic rings. The molecule has 2 amide bonds. The molecule has 1 fully saturated rings. The van der Waals surface area contributed by atoms with Crippen LogP contribution in [0.4, 0.5) is 14.9 Å². The van der Waals surface area contributed by atoms with Crippen LogP contribution in [0.1, 0.15) is 17.0 Å². The second-order valence-electron chi connectivity index (χ2n) is 7.75. The van der Waals surface area contributed by atoms with Gasteiger partial charge in [0, 0.05) is 4.47 Å². The largest absolute Gasteiger partial charge is 0.447 e. The lowest BCUT2D eigenvalue weighted by atomic mass is 9.84. The van der Waals surface area contributed by atoms with Crippen LogP contribution in [-0.2, 0) is 9.53 Å². The molecule has 0 N–H and O–H groups in total. The summed E-state index contributed by atoms with van der Waals surface area (Å²) in [4.78, 5) is 27.2. The Balaban J connectivity index is 1.67. The number of halogens is 2. The van der Waals surface area contributed by atoms with Crippen LogP contribution in [0.5, 0.6) is 0 Å². The summed E-state index contributed by atoms with van der Waals surface area (Å²) in [6.45, 7) is 0.336. The number of imide groups is 1. The molecule has 166 valence electrons. The van der Waals surface area contributed by atoms with Gasteiger partial charge in [-0.25, -0.2) is 14.1 Å². The molecule has 0 saturated carbocycles. The summed E-state index contributed by atoms with van der Waals surface area (Å²) in [7, 11) is 0. The molecule has 6 nitrogen and oxygen atoms in total. The Labute approximate surface area is 198 Å². The predicted molar refractivity (Wildman–Crippen MR) is 126 cm³/mol. The number of benzene rings is 3. The maximum absolute atomic E-state index is 13.8. The maximum atomic E-state index is 13.8. The molecule has 3 aromatic carbocycles. The highest BCUT2D eigenvalue weighted by molar-refractivity contribution is 9.10. The standard InChI is InChI=1S/C25H19BrFN3O3/c26-18-8-12-20(13-9-18)30-23(24(31)29-14-15-33-25(29)32)21(16-6-10-19(27)11-7-16)22(28-30)17-4-2-1-3-5-17/h1-13,21,23H,14-15H2/t21-,23-/m0/s1. The SMILES string of the molecule is O=C1OCCN1C(=O)[C@@H]1[C@@H](c2ccc(F)cc2)C(c2ccccc2)=NN1c1ccc(Br)cc1. The molecule has 5 rings (SSSR count). The molecule has 2 atom stereocenters. The molecular formula is C25H19BrFN3O3. The second-order valence-corrected chi connectivity index (χ2v) is 8.67. The van der Waals surface area contributed by atoms with Gasteiger partial charge in [0.15, 0.2) is 0 Å². The second kappa shape index (κ2) is 8.78. The summed E-state index contributed by atoms with van der Waals surface area (Å²) in [5.41, 5.74) is 2.93. The summed E-state index contributed by atoms with van der Waals surface area (Å²) in [6, 6.07) is 22.2. The summed E-state index contributed by atoms with van der Waals surface area (Å²) in [5.74, 6) is -1.31. The molecule has 0 unspecified atom stereocenters. The van der Waals surface area contributed by atoms with Crippen molar-refractivity contribution >= 4 is 39.3 Å². The molecule has 2 heterocycles. The molecule has 33 heavy (non-hydrogen) atoms. The van der Waals surface area contributed by atoms with Crippen LogP contribution >= 0.6 is 15.9 Å². The van der Waals surface area contributed by atoms with E-state index < -0.39 is 24.0 Å². The number of rotatable bonds is 4. The Morgan fingerprint density at radius 2 is 1.70 bits per heavy atom. The van der Waals surface area contributed by atoms with Gasteiger partial charge in [-0.1, -0.05) is 58.4 Å². The van der Waals surface area contributed by atoms with Crippen molar-refractivity contribution in [2.75, 3.05) is 18.2 Å². The number of carbonyl (C=O) groups is 2. The van der Waals surface area contributed by atoms with Crippen LogP contribution in [0.3, 0.4) is 0 Å². The van der Waals surface area contributed by atoms with E-state index in [-0.39, 0.29) is 19.0 Å². The van der Waals surface area contributed by atoms with Gasteiger partial charge in [0.2, 0.25) is 0 Å². The number of ether oxygens (including phenoxy) is 1. The zero-order valence-electron chi connectivity index (χ0n) is 17.4. The third-order valence-corrected chi connectivity index (χ3v) is 6.29. The first-order valence-electron chi connectivity index (χ1n) is 10.5. The van der Waals surface area contributed by atoms with Gasteiger partial charge in [-0.05, 0) is 47.5 Å². The summed E-state index contributed by atoms with van der Waals surface area (Å²) in [6.07, 6.45) is -0.665. The number of amides is 2. The van der Waals surface area contributed by atoms with Gasteiger partial charge >= 0.3 is 6.09 Å². The van der Waals surface area contributed by atoms with Crippen molar-refractivity contribution in [3.05, 3.63) is 100 Å². The summed E-state index contributed by atoms with van der Waals surface area (Å²) < 4.78 is 19.7. The Morgan fingerprint density at radius 1 is 1.00 bits per heavy atom. The third kappa shape index (κ3) is 4.02. The van der Waals surface area contributed by atoms with Gasteiger partial charge in [0.1, 0.15) is 18.5 Å². The van der Waals surface area contributed by atoms with Gasteiger partial charge in [0.25, 0.3) is 5.91 Å². The van der Waals surface area contributed by atoms with E-state index in [9.17, 15) is 14.0 Å². The number of hydrogen-bond acceptors (Lipinski definition) is 5.